The fourth-order valence-corrected chi connectivity index (χ4v) is 2.24. The summed E-state index contributed by atoms with van der Waals surface area (Å²) in [5.41, 5.74) is -1.77. The highest BCUT2D eigenvalue weighted by atomic mass is 19.4. The zero-order valence-corrected chi connectivity index (χ0v) is 14.5. The van der Waals surface area contributed by atoms with Crippen molar-refractivity contribution in [1.82, 2.24) is 15.1 Å². The Morgan fingerprint density at radius 1 is 1.26 bits per heavy atom. The highest BCUT2D eigenvalue weighted by molar-refractivity contribution is 5.92. The summed E-state index contributed by atoms with van der Waals surface area (Å²) in [4.78, 5) is 35.2. The number of alkyl halides is 3. The largest absolute Gasteiger partial charge is 0.469 e. The zero-order valence-electron chi connectivity index (χ0n) is 14.5. The summed E-state index contributed by atoms with van der Waals surface area (Å²) < 4.78 is 44.2. The van der Waals surface area contributed by atoms with Crippen molar-refractivity contribution in [3.05, 3.63) is 57.5 Å². The molecule has 0 fully saturated rings. The van der Waals surface area contributed by atoms with Crippen LogP contribution in [0.2, 0.25) is 0 Å². The number of hydrogen-bond donors (Lipinski definition) is 1. The predicted molar refractivity (Wildman–Crippen MR) is 88.5 cm³/mol. The first kappa shape index (κ1) is 20.1. The second-order valence-corrected chi connectivity index (χ2v) is 5.54. The van der Waals surface area contributed by atoms with E-state index in [1.165, 1.54) is 26.2 Å². The molecule has 2 rings (SSSR count). The average molecular weight is 383 g/mol. The van der Waals surface area contributed by atoms with Gasteiger partial charge in [0.15, 0.2) is 5.69 Å². The monoisotopic (exact) mass is 383 g/mol. The summed E-state index contributed by atoms with van der Waals surface area (Å²) in [6.07, 6.45) is -4.65. The van der Waals surface area contributed by atoms with Crippen molar-refractivity contribution < 1.29 is 27.5 Å². The van der Waals surface area contributed by atoms with Crippen LogP contribution in [0.25, 0.3) is 5.69 Å². The summed E-state index contributed by atoms with van der Waals surface area (Å²) in [5.74, 6) is -1.39. The van der Waals surface area contributed by atoms with E-state index < -0.39 is 34.7 Å². The number of esters is 1. The van der Waals surface area contributed by atoms with E-state index in [4.69, 9.17) is 0 Å². The molecule has 1 heterocycles. The van der Waals surface area contributed by atoms with Gasteiger partial charge in [-0.05, 0) is 25.1 Å². The van der Waals surface area contributed by atoms with E-state index in [1.807, 2.05) is 0 Å². The highest BCUT2D eigenvalue weighted by Gasteiger charge is 2.30. The molecule has 27 heavy (non-hydrogen) atoms. The lowest BCUT2D eigenvalue weighted by atomic mass is 10.2. The number of rotatable bonds is 5. The van der Waals surface area contributed by atoms with Crippen LogP contribution in [0.5, 0.6) is 0 Å². The van der Waals surface area contributed by atoms with Crippen LogP contribution in [0, 0.1) is 6.92 Å². The van der Waals surface area contributed by atoms with Crippen molar-refractivity contribution in [3.8, 4) is 5.69 Å². The lowest BCUT2D eigenvalue weighted by Crippen LogP contribution is -2.33. The van der Waals surface area contributed by atoms with Gasteiger partial charge in [-0.15, -0.1) is 0 Å². The number of nitrogens with zero attached hydrogens (tertiary/aromatic N) is 2. The number of carbonyl (C=O) groups excluding carboxylic acids is 2. The number of hydrogen-bond acceptors (Lipinski definition) is 5. The summed E-state index contributed by atoms with van der Waals surface area (Å²) in [5, 5.41) is 6.23. The van der Waals surface area contributed by atoms with Gasteiger partial charge in [-0.25, -0.2) is 4.68 Å². The summed E-state index contributed by atoms with van der Waals surface area (Å²) in [6.45, 7) is 1.40. The molecule has 0 saturated heterocycles. The molecule has 0 bridgehead atoms. The van der Waals surface area contributed by atoms with Gasteiger partial charge in [0.25, 0.3) is 5.91 Å². The summed E-state index contributed by atoms with van der Waals surface area (Å²) >= 11 is 0. The quantitative estimate of drug-likeness (QED) is 0.796. The molecule has 1 amide bonds. The molecule has 0 spiro atoms. The lowest BCUT2D eigenvalue weighted by Gasteiger charge is -2.13. The van der Waals surface area contributed by atoms with Crippen molar-refractivity contribution >= 4 is 11.9 Å². The summed E-state index contributed by atoms with van der Waals surface area (Å²) in [7, 11) is 1.19. The molecule has 2 aromatic rings. The van der Waals surface area contributed by atoms with Gasteiger partial charge >= 0.3 is 12.1 Å². The number of aryl methyl sites for hydroxylation is 1. The van der Waals surface area contributed by atoms with Crippen LogP contribution in [0.15, 0.2) is 35.1 Å². The minimum atomic E-state index is -4.54. The second kappa shape index (κ2) is 8.02. The minimum absolute atomic E-state index is 0.0472. The molecule has 0 aliphatic carbocycles. The minimum Gasteiger partial charge on any atom is -0.469 e. The van der Waals surface area contributed by atoms with E-state index in [0.717, 1.165) is 22.9 Å². The maximum Gasteiger partial charge on any atom is 0.416 e. The first-order chi connectivity index (χ1) is 12.6. The Kier molecular flexibility index (Phi) is 5.98. The maximum absolute atomic E-state index is 12.9. The molecule has 1 N–H and O–H groups in total. The number of ether oxygens (including phenoxy) is 1. The van der Waals surface area contributed by atoms with Crippen molar-refractivity contribution in [2.24, 2.45) is 0 Å². The fourth-order valence-electron chi connectivity index (χ4n) is 2.24. The number of aromatic nitrogens is 2. The third kappa shape index (κ3) is 4.93. The van der Waals surface area contributed by atoms with Crippen LogP contribution in [0.1, 0.15) is 28.2 Å². The predicted octanol–water partition coefficient (Wildman–Crippen LogP) is 1.85. The molecule has 144 valence electrons. The van der Waals surface area contributed by atoms with E-state index in [2.05, 4.69) is 15.2 Å². The smallest absolute Gasteiger partial charge is 0.416 e. The van der Waals surface area contributed by atoms with Crippen LogP contribution >= 0.6 is 0 Å². The van der Waals surface area contributed by atoms with Crippen LogP contribution < -0.4 is 10.7 Å². The van der Waals surface area contributed by atoms with Gasteiger partial charge < -0.3 is 10.1 Å². The SMILES string of the molecule is COC(=O)CCNC(=O)c1nn(-c2cccc(C(F)(F)F)c2)c(C)cc1=O. The number of amides is 1. The highest BCUT2D eigenvalue weighted by Crippen LogP contribution is 2.30. The van der Waals surface area contributed by atoms with Gasteiger partial charge in [0.05, 0.1) is 24.8 Å². The molecule has 0 radical (unpaired) electrons. The Labute approximate surface area is 151 Å². The lowest BCUT2D eigenvalue weighted by molar-refractivity contribution is -0.140. The molecule has 0 saturated carbocycles. The van der Waals surface area contributed by atoms with E-state index >= 15 is 0 Å². The molecule has 0 aliphatic rings. The van der Waals surface area contributed by atoms with Gasteiger partial charge in [0.2, 0.25) is 5.43 Å². The third-order valence-corrected chi connectivity index (χ3v) is 3.58. The normalized spacial score (nSPS) is 11.1. The Morgan fingerprint density at radius 3 is 2.59 bits per heavy atom. The van der Waals surface area contributed by atoms with Crippen molar-refractivity contribution in [2.45, 2.75) is 19.5 Å². The van der Waals surface area contributed by atoms with Crippen molar-refractivity contribution in [1.29, 1.82) is 0 Å². The fraction of sp³-hybridized carbons (Fsp3) is 0.294. The van der Waals surface area contributed by atoms with Crippen molar-refractivity contribution in [3.63, 3.8) is 0 Å². The van der Waals surface area contributed by atoms with Gasteiger partial charge in [-0.3, -0.25) is 14.4 Å². The summed E-state index contributed by atoms with van der Waals surface area (Å²) in [6, 6.07) is 5.44. The Hall–Kier alpha value is -3.17. The molecule has 0 aliphatic heterocycles. The maximum atomic E-state index is 12.9. The standard InChI is InChI=1S/C17H16F3N3O4/c1-10-8-13(24)15(16(26)21-7-6-14(25)27-2)22-23(10)12-5-3-4-11(9-12)17(18,19)20/h3-5,8-9H,6-7H2,1-2H3,(H,21,26). The van der Waals surface area contributed by atoms with Gasteiger partial charge in [0.1, 0.15) is 0 Å². The van der Waals surface area contributed by atoms with Crippen LogP contribution in [0.4, 0.5) is 13.2 Å². The Bertz CT molecular complexity index is 922. The Balaban J connectivity index is 2.35. The molecular weight excluding hydrogens is 367 g/mol. The zero-order chi connectivity index (χ0) is 20.2. The van der Waals surface area contributed by atoms with E-state index in [9.17, 15) is 27.6 Å². The molecular formula is C17H16F3N3O4. The first-order valence-corrected chi connectivity index (χ1v) is 7.77. The average Bonchev–Trinajstić information content (AvgIpc) is 2.60. The second-order valence-electron chi connectivity index (χ2n) is 5.54. The van der Waals surface area contributed by atoms with Gasteiger partial charge in [0, 0.05) is 18.3 Å². The first-order valence-electron chi connectivity index (χ1n) is 7.77. The van der Waals surface area contributed by atoms with Crippen molar-refractivity contribution in [2.75, 3.05) is 13.7 Å². The van der Waals surface area contributed by atoms with Crippen LogP contribution in [-0.4, -0.2) is 35.3 Å². The topological polar surface area (TPSA) is 90.3 Å². The third-order valence-electron chi connectivity index (χ3n) is 3.58. The molecule has 0 unspecified atom stereocenters. The number of benzene rings is 1. The van der Waals surface area contributed by atoms with E-state index in [-0.39, 0.29) is 24.3 Å². The Morgan fingerprint density at radius 2 is 1.96 bits per heavy atom. The molecule has 10 heteroatoms. The number of methoxy groups -OCH3 is 1. The van der Waals surface area contributed by atoms with E-state index in [1.54, 1.807) is 0 Å². The van der Waals surface area contributed by atoms with Gasteiger partial charge in [-0.1, -0.05) is 6.07 Å². The molecule has 7 nitrogen and oxygen atoms in total. The van der Waals surface area contributed by atoms with E-state index in [0.29, 0.717) is 0 Å². The molecule has 0 atom stereocenters. The van der Waals surface area contributed by atoms with Crippen LogP contribution in [0.3, 0.4) is 0 Å². The van der Waals surface area contributed by atoms with Crippen LogP contribution in [-0.2, 0) is 15.7 Å². The van der Waals surface area contributed by atoms with Gasteiger partial charge in [-0.2, -0.15) is 18.3 Å². The number of carbonyl (C=O) groups is 2. The number of halogens is 3. The molecule has 1 aromatic carbocycles. The molecule has 1 aromatic heterocycles. The number of nitrogens with one attached hydrogen (secondary N) is 1.